The van der Waals surface area contributed by atoms with Gasteiger partial charge in [-0.1, -0.05) is 12.1 Å². The van der Waals surface area contributed by atoms with Crippen LogP contribution in [-0.2, 0) is 6.42 Å². The highest BCUT2D eigenvalue weighted by Gasteiger charge is 2.40. The van der Waals surface area contributed by atoms with Crippen LogP contribution in [0.1, 0.15) is 18.4 Å². The average molecular weight is 195 g/mol. The highest BCUT2D eigenvalue weighted by molar-refractivity contribution is 5.20. The van der Waals surface area contributed by atoms with Crippen molar-refractivity contribution < 1.29 is 9.50 Å². The van der Waals surface area contributed by atoms with E-state index in [1.165, 1.54) is 12.1 Å². The molecule has 1 fully saturated rings. The quantitative estimate of drug-likeness (QED) is 0.745. The Hall–Kier alpha value is -0.930. The van der Waals surface area contributed by atoms with Crippen molar-refractivity contribution in [2.75, 3.05) is 0 Å². The molecule has 3 N–H and O–H groups in total. The van der Waals surface area contributed by atoms with E-state index in [1.54, 1.807) is 6.07 Å². The predicted molar refractivity (Wildman–Crippen MR) is 52.3 cm³/mol. The number of aliphatic hydroxyl groups is 1. The van der Waals surface area contributed by atoms with Crippen LogP contribution in [0.2, 0.25) is 0 Å². The third kappa shape index (κ3) is 1.94. The van der Waals surface area contributed by atoms with Crippen LogP contribution in [0.25, 0.3) is 0 Å². The Morgan fingerprint density at radius 3 is 2.79 bits per heavy atom. The van der Waals surface area contributed by atoms with Crippen LogP contribution in [0.4, 0.5) is 4.39 Å². The smallest absolute Gasteiger partial charge is 0.123 e. The topological polar surface area (TPSA) is 46.2 Å². The molecule has 76 valence electrons. The molecule has 0 radical (unpaired) electrons. The molecule has 3 heteroatoms. The van der Waals surface area contributed by atoms with E-state index in [2.05, 4.69) is 0 Å². The first-order chi connectivity index (χ1) is 6.57. The van der Waals surface area contributed by atoms with Gasteiger partial charge in [0.2, 0.25) is 0 Å². The largest absolute Gasteiger partial charge is 0.389 e. The van der Waals surface area contributed by atoms with Crippen molar-refractivity contribution in [2.24, 2.45) is 5.73 Å². The highest BCUT2D eigenvalue weighted by Crippen LogP contribution is 2.33. The summed E-state index contributed by atoms with van der Waals surface area (Å²) in [4.78, 5) is 0. The molecule has 0 aliphatic heterocycles. The second-order valence-electron chi connectivity index (χ2n) is 4.20. The monoisotopic (exact) mass is 195 g/mol. The van der Waals surface area contributed by atoms with E-state index in [1.807, 2.05) is 6.07 Å². The molecule has 0 aromatic heterocycles. The van der Waals surface area contributed by atoms with Crippen molar-refractivity contribution in [3.05, 3.63) is 35.6 Å². The van der Waals surface area contributed by atoms with Crippen LogP contribution in [0.3, 0.4) is 0 Å². The van der Waals surface area contributed by atoms with Gasteiger partial charge >= 0.3 is 0 Å². The van der Waals surface area contributed by atoms with Gasteiger partial charge in [0.05, 0.1) is 5.60 Å². The summed E-state index contributed by atoms with van der Waals surface area (Å²) >= 11 is 0. The van der Waals surface area contributed by atoms with E-state index in [9.17, 15) is 9.50 Å². The minimum absolute atomic E-state index is 0.105. The molecule has 1 aromatic carbocycles. The molecule has 0 bridgehead atoms. The minimum Gasteiger partial charge on any atom is -0.389 e. The van der Waals surface area contributed by atoms with Crippen LogP contribution >= 0.6 is 0 Å². The van der Waals surface area contributed by atoms with Crippen molar-refractivity contribution in [1.29, 1.82) is 0 Å². The highest BCUT2D eigenvalue weighted by atomic mass is 19.1. The van der Waals surface area contributed by atoms with Gasteiger partial charge in [0.15, 0.2) is 0 Å². The maximum Gasteiger partial charge on any atom is 0.123 e. The molecular formula is C11H14FNO. The fraction of sp³-hybridized carbons (Fsp3) is 0.455. The van der Waals surface area contributed by atoms with E-state index in [0.717, 1.165) is 5.56 Å². The van der Waals surface area contributed by atoms with Gasteiger partial charge in [0.25, 0.3) is 0 Å². The first-order valence-corrected chi connectivity index (χ1v) is 4.80. The lowest BCUT2D eigenvalue weighted by Gasteiger charge is -2.41. The van der Waals surface area contributed by atoms with Crippen LogP contribution in [0, 0.1) is 5.82 Å². The third-order valence-corrected chi connectivity index (χ3v) is 2.71. The molecule has 0 unspecified atom stereocenters. The second kappa shape index (κ2) is 3.33. The number of benzene rings is 1. The van der Waals surface area contributed by atoms with Gasteiger partial charge in [-0.05, 0) is 30.5 Å². The third-order valence-electron chi connectivity index (χ3n) is 2.71. The van der Waals surface area contributed by atoms with Crippen LogP contribution in [-0.4, -0.2) is 16.7 Å². The molecule has 1 aromatic rings. The van der Waals surface area contributed by atoms with Crippen molar-refractivity contribution in [3.8, 4) is 0 Å². The Bertz CT molecular complexity index is 334. The van der Waals surface area contributed by atoms with Crippen LogP contribution < -0.4 is 5.73 Å². The molecule has 1 saturated carbocycles. The van der Waals surface area contributed by atoms with Gasteiger partial charge in [0, 0.05) is 12.5 Å². The summed E-state index contributed by atoms with van der Waals surface area (Å²) in [6.45, 7) is 0. The van der Waals surface area contributed by atoms with Gasteiger partial charge in [-0.2, -0.15) is 0 Å². The number of hydrogen-bond donors (Lipinski definition) is 2. The molecule has 0 saturated heterocycles. The average Bonchev–Trinajstić information content (AvgIpc) is 2.00. The van der Waals surface area contributed by atoms with Crippen LogP contribution in [0.15, 0.2) is 24.3 Å². The van der Waals surface area contributed by atoms with Crippen molar-refractivity contribution in [1.82, 2.24) is 0 Å². The maximum atomic E-state index is 12.8. The molecule has 0 heterocycles. The summed E-state index contributed by atoms with van der Waals surface area (Å²) in [6, 6.07) is 6.45. The van der Waals surface area contributed by atoms with Gasteiger partial charge < -0.3 is 10.8 Å². The molecule has 0 amide bonds. The van der Waals surface area contributed by atoms with Crippen molar-refractivity contribution in [3.63, 3.8) is 0 Å². The number of rotatable bonds is 2. The fourth-order valence-electron chi connectivity index (χ4n) is 2.09. The minimum atomic E-state index is -0.701. The Morgan fingerprint density at radius 2 is 2.21 bits per heavy atom. The summed E-state index contributed by atoms with van der Waals surface area (Å²) in [7, 11) is 0. The summed E-state index contributed by atoms with van der Waals surface area (Å²) in [5.74, 6) is -0.255. The first-order valence-electron chi connectivity index (χ1n) is 4.80. The summed E-state index contributed by atoms with van der Waals surface area (Å²) in [5, 5.41) is 9.92. The van der Waals surface area contributed by atoms with Crippen molar-refractivity contribution in [2.45, 2.75) is 30.9 Å². The number of hydrogen-bond acceptors (Lipinski definition) is 2. The molecule has 1 aliphatic carbocycles. The number of nitrogens with two attached hydrogens (primary N) is 1. The molecule has 0 spiro atoms. The van der Waals surface area contributed by atoms with Gasteiger partial charge in [-0.15, -0.1) is 0 Å². The van der Waals surface area contributed by atoms with Gasteiger partial charge in [-0.3, -0.25) is 0 Å². The van der Waals surface area contributed by atoms with Gasteiger partial charge in [-0.25, -0.2) is 4.39 Å². The Kier molecular flexibility index (Phi) is 2.29. The SMILES string of the molecule is NC1CC(O)(Cc2cccc(F)c2)C1. The second-order valence-corrected chi connectivity index (χ2v) is 4.20. The Morgan fingerprint density at radius 1 is 1.50 bits per heavy atom. The zero-order valence-electron chi connectivity index (χ0n) is 7.91. The van der Waals surface area contributed by atoms with E-state index >= 15 is 0 Å². The zero-order valence-corrected chi connectivity index (χ0v) is 7.91. The molecule has 2 rings (SSSR count). The zero-order chi connectivity index (χ0) is 10.2. The van der Waals surface area contributed by atoms with Crippen molar-refractivity contribution >= 4 is 0 Å². The van der Waals surface area contributed by atoms with E-state index in [-0.39, 0.29) is 11.9 Å². The van der Waals surface area contributed by atoms with Gasteiger partial charge in [0.1, 0.15) is 5.82 Å². The first kappa shape index (κ1) is 9.62. The molecule has 14 heavy (non-hydrogen) atoms. The Labute approximate surface area is 82.5 Å². The lowest BCUT2D eigenvalue weighted by Crippen LogP contribution is -2.52. The standard InChI is InChI=1S/C11H14FNO/c12-9-3-1-2-8(4-9)5-11(14)6-10(13)7-11/h1-4,10,14H,5-7,13H2. The van der Waals surface area contributed by atoms with E-state index in [0.29, 0.717) is 19.3 Å². The number of halogens is 1. The molecule has 2 nitrogen and oxygen atoms in total. The fourth-order valence-corrected chi connectivity index (χ4v) is 2.09. The normalized spacial score (nSPS) is 31.2. The lowest BCUT2D eigenvalue weighted by molar-refractivity contribution is -0.0455. The molecular weight excluding hydrogens is 181 g/mol. The summed E-state index contributed by atoms with van der Waals surface area (Å²) in [5.41, 5.74) is 5.74. The lowest BCUT2D eigenvalue weighted by atomic mass is 9.73. The summed E-state index contributed by atoms with van der Waals surface area (Å²) in [6.07, 6.45) is 1.73. The van der Waals surface area contributed by atoms with E-state index < -0.39 is 5.60 Å². The maximum absolute atomic E-state index is 12.8. The van der Waals surface area contributed by atoms with Crippen LogP contribution in [0.5, 0.6) is 0 Å². The Balaban J connectivity index is 2.04. The van der Waals surface area contributed by atoms with E-state index in [4.69, 9.17) is 5.73 Å². The predicted octanol–water partition coefficient (Wildman–Crippen LogP) is 1.22. The molecule has 1 aliphatic rings. The molecule has 0 atom stereocenters. The summed E-state index contributed by atoms with van der Waals surface area (Å²) < 4.78 is 12.8.